The predicted octanol–water partition coefficient (Wildman–Crippen LogP) is 3.80. The lowest BCUT2D eigenvalue weighted by Crippen LogP contribution is -2.21. The molecule has 0 unspecified atom stereocenters. The van der Waals surface area contributed by atoms with Gasteiger partial charge in [0.1, 0.15) is 23.8 Å². The first kappa shape index (κ1) is 22.5. The SMILES string of the molecule is CCO/N=C(/C)c1ccc(/C=C/[C@H](OC)[C@@H](C)/C(=C\C(=O)OCC)OC)o1. The molecule has 1 aromatic heterocycles. The second-order valence-electron chi connectivity index (χ2n) is 5.65. The van der Waals surface area contributed by atoms with Gasteiger partial charge in [0, 0.05) is 13.0 Å². The smallest absolute Gasteiger partial charge is 0.334 e. The molecule has 7 nitrogen and oxygen atoms in total. The molecule has 0 fully saturated rings. The van der Waals surface area contributed by atoms with Crippen molar-refractivity contribution in [1.82, 2.24) is 0 Å². The average molecular weight is 379 g/mol. The van der Waals surface area contributed by atoms with Gasteiger partial charge < -0.3 is 23.5 Å². The van der Waals surface area contributed by atoms with Gasteiger partial charge in [-0.15, -0.1) is 0 Å². The second-order valence-corrected chi connectivity index (χ2v) is 5.65. The van der Waals surface area contributed by atoms with Crippen molar-refractivity contribution in [2.24, 2.45) is 11.1 Å². The molecule has 0 aliphatic rings. The summed E-state index contributed by atoms with van der Waals surface area (Å²) in [5.41, 5.74) is 0.659. The van der Waals surface area contributed by atoms with Crippen molar-refractivity contribution in [3.8, 4) is 0 Å². The largest absolute Gasteiger partial charge is 0.500 e. The number of hydrogen-bond donors (Lipinski definition) is 0. The molecule has 150 valence electrons. The van der Waals surface area contributed by atoms with Gasteiger partial charge in [0.15, 0.2) is 5.76 Å². The standard InChI is InChI=1S/C20H29NO6/c1-7-25-20(22)13-19(24-6)14(3)17(23-5)11-9-16-10-12-18(27-16)15(4)21-26-8-2/h9-14,17H,7-8H2,1-6H3/b11-9+,19-13+,21-15-/t14-,17+/m1/s1. The van der Waals surface area contributed by atoms with Crippen LogP contribution in [-0.2, 0) is 23.8 Å². The van der Waals surface area contributed by atoms with Crippen molar-refractivity contribution in [2.45, 2.75) is 33.8 Å². The summed E-state index contributed by atoms with van der Waals surface area (Å²) in [4.78, 5) is 16.7. The number of nitrogens with zero attached hydrogens (tertiary/aromatic N) is 1. The van der Waals surface area contributed by atoms with Gasteiger partial charge in [-0.05, 0) is 39.0 Å². The summed E-state index contributed by atoms with van der Waals surface area (Å²) in [5.74, 6) is 1.12. The molecule has 0 bridgehead atoms. The number of esters is 1. The lowest BCUT2D eigenvalue weighted by atomic mass is 10.0. The Morgan fingerprint density at radius 1 is 1.26 bits per heavy atom. The number of carbonyl (C=O) groups excluding carboxylic acids is 1. The highest BCUT2D eigenvalue weighted by Gasteiger charge is 2.21. The number of furan rings is 1. The predicted molar refractivity (Wildman–Crippen MR) is 103 cm³/mol. The van der Waals surface area contributed by atoms with E-state index in [1.54, 1.807) is 20.1 Å². The van der Waals surface area contributed by atoms with Gasteiger partial charge in [-0.2, -0.15) is 0 Å². The fraction of sp³-hybridized carbons (Fsp3) is 0.500. The van der Waals surface area contributed by atoms with Crippen LogP contribution in [0.3, 0.4) is 0 Å². The number of ether oxygens (including phenoxy) is 3. The first-order chi connectivity index (χ1) is 13.0. The molecule has 0 radical (unpaired) electrons. The van der Waals surface area contributed by atoms with Gasteiger partial charge in [-0.1, -0.05) is 18.2 Å². The molecular weight excluding hydrogens is 350 g/mol. The van der Waals surface area contributed by atoms with Gasteiger partial charge in [0.25, 0.3) is 0 Å². The zero-order chi connectivity index (χ0) is 20.2. The zero-order valence-electron chi connectivity index (χ0n) is 16.9. The van der Waals surface area contributed by atoms with E-state index in [1.807, 2.05) is 39.0 Å². The molecule has 1 heterocycles. The highest BCUT2D eigenvalue weighted by molar-refractivity contribution is 5.95. The molecule has 7 heteroatoms. The quantitative estimate of drug-likeness (QED) is 0.191. The Hall–Kier alpha value is -2.54. The van der Waals surface area contributed by atoms with E-state index in [0.29, 0.717) is 36.2 Å². The summed E-state index contributed by atoms with van der Waals surface area (Å²) in [5, 5.41) is 3.95. The Morgan fingerprint density at radius 3 is 2.59 bits per heavy atom. The Labute approximate surface area is 160 Å². The highest BCUT2D eigenvalue weighted by Crippen LogP contribution is 2.21. The molecule has 0 saturated carbocycles. The summed E-state index contributed by atoms with van der Waals surface area (Å²) < 4.78 is 21.5. The van der Waals surface area contributed by atoms with Gasteiger partial charge >= 0.3 is 5.97 Å². The van der Waals surface area contributed by atoms with E-state index in [1.165, 1.54) is 13.2 Å². The normalized spacial score (nSPS) is 14.9. The van der Waals surface area contributed by atoms with Crippen molar-refractivity contribution < 1.29 is 28.3 Å². The molecule has 0 N–H and O–H groups in total. The monoisotopic (exact) mass is 379 g/mol. The van der Waals surface area contributed by atoms with Crippen LogP contribution in [0.2, 0.25) is 0 Å². The van der Waals surface area contributed by atoms with Crippen LogP contribution in [0.25, 0.3) is 6.08 Å². The Kier molecular flexibility index (Phi) is 9.96. The maximum atomic E-state index is 11.7. The third-order valence-corrected chi connectivity index (χ3v) is 3.76. The summed E-state index contributed by atoms with van der Waals surface area (Å²) in [6.45, 7) is 8.14. The fourth-order valence-electron chi connectivity index (χ4n) is 2.32. The summed E-state index contributed by atoms with van der Waals surface area (Å²) in [6.07, 6.45) is 4.67. The van der Waals surface area contributed by atoms with Crippen molar-refractivity contribution >= 4 is 17.8 Å². The molecule has 1 aromatic rings. The van der Waals surface area contributed by atoms with Crippen LogP contribution >= 0.6 is 0 Å². The van der Waals surface area contributed by atoms with Crippen LogP contribution < -0.4 is 0 Å². The zero-order valence-corrected chi connectivity index (χ0v) is 16.9. The molecule has 0 aliphatic carbocycles. The average Bonchev–Trinajstić information content (AvgIpc) is 3.13. The van der Waals surface area contributed by atoms with Gasteiger partial charge in [-0.3, -0.25) is 0 Å². The van der Waals surface area contributed by atoms with Crippen LogP contribution in [0.15, 0.2) is 39.6 Å². The Morgan fingerprint density at radius 2 is 2.00 bits per heavy atom. The van der Waals surface area contributed by atoms with Crippen LogP contribution in [0, 0.1) is 5.92 Å². The number of methoxy groups -OCH3 is 2. The summed E-state index contributed by atoms with van der Waals surface area (Å²) in [6, 6.07) is 3.66. The van der Waals surface area contributed by atoms with E-state index < -0.39 is 5.97 Å². The van der Waals surface area contributed by atoms with Crippen molar-refractivity contribution in [3.05, 3.63) is 41.6 Å². The minimum absolute atomic E-state index is 0.198. The first-order valence-electron chi connectivity index (χ1n) is 8.86. The van der Waals surface area contributed by atoms with Gasteiger partial charge in [0.05, 0.1) is 25.9 Å². The molecule has 0 spiro atoms. The molecular formula is C20H29NO6. The number of oxime groups is 1. The van der Waals surface area contributed by atoms with Crippen LogP contribution in [0.5, 0.6) is 0 Å². The van der Waals surface area contributed by atoms with Crippen molar-refractivity contribution in [1.29, 1.82) is 0 Å². The van der Waals surface area contributed by atoms with Crippen molar-refractivity contribution in [2.75, 3.05) is 27.4 Å². The minimum atomic E-state index is -0.445. The van der Waals surface area contributed by atoms with Crippen molar-refractivity contribution in [3.63, 3.8) is 0 Å². The molecule has 0 aromatic carbocycles. The topological polar surface area (TPSA) is 79.5 Å². The lowest BCUT2D eigenvalue weighted by Gasteiger charge is -2.21. The fourth-order valence-corrected chi connectivity index (χ4v) is 2.32. The Balaban J connectivity index is 2.87. The maximum Gasteiger partial charge on any atom is 0.334 e. The van der Waals surface area contributed by atoms with E-state index in [-0.39, 0.29) is 12.0 Å². The molecule has 1 rings (SSSR count). The maximum absolute atomic E-state index is 11.7. The third kappa shape index (κ3) is 7.30. The minimum Gasteiger partial charge on any atom is -0.500 e. The van der Waals surface area contributed by atoms with Gasteiger partial charge in [-0.25, -0.2) is 4.79 Å². The van der Waals surface area contributed by atoms with E-state index >= 15 is 0 Å². The van der Waals surface area contributed by atoms with Gasteiger partial charge in [0.2, 0.25) is 0 Å². The second kappa shape index (κ2) is 12.0. The molecule has 0 aliphatic heterocycles. The first-order valence-corrected chi connectivity index (χ1v) is 8.86. The van der Waals surface area contributed by atoms with E-state index in [2.05, 4.69) is 5.16 Å². The molecule has 0 saturated heterocycles. The number of rotatable bonds is 11. The summed E-state index contributed by atoms with van der Waals surface area (Å²) in [7, 11) is 3.10. The molecule has 2 atom stereocenters. The van der Waals surface area contributed by atoms with E-state index in [0.717, 1.165) is 0 Å². The van der Waals surface area contributed by atoms with Crippen LogP contribution in [0.4, 0.5) is 0 Å². The van der Waals surface area contributed by atoms with E-state index in [4.69, 9.17) is 23.5 Å². The summed E-state index contributed by atoms with van der Waals surface area (Å²) >= 11 is 0. The van der Waals surface area contributed by atoms with E-state index in [9.17, 15) is 4.79 Å². The Bertz CT molecular complexity index is 674. The van der Waals surface area contributed by atoms with Crippen LogP contribution in [-0.4, -0.2) is 45.2 Å². The highest BCUT2D eigenvalue weighted by atomic mass is 16.6. The molecule has 27 heavy (non-hydrogen) atoms. The van der Waals surface area contributed by atoms with Crippen LogP contribution in [0.1, 0.15) is 39.2 Å². The molecule has 0 amide bonds. The third-order valence-electron chi connectivity index (χ3n) is 3.76. The number of hydrogen-bond acceptors (Lipinski definition) is 7. The lowest BCUT2D eigenvalue weighted by molar-refractivity contribution is -0.137. The number of carbonyl (C=O) groups is 1.